The van der Waals surface area contributed by atoms with E-state index < -0.39 is 0 Å². The Kier molecular flexibility index (Phi) is 4.62. The maximum Gasteiger partial charge on any atom is 0.275 e. The predicted octanol–water partition coefficient (Wildman–Crippen LogP) is 3.74. The molecule has 3 rings (SSSR count). The van der Waals surface area contributed by atoms with E-state index in [0.29, 0.717) is 27.9 Å². The number of rotatable bonds is 5. The fourth-order valence-corrected chi connectivity index (χ4v) is 2.69. The fraction of sp³-hybridized carbons (Fsp3) is 0.0588. The second-order valence-electron chi connectivity index (χ2n) is 4.97. The summed E-state index contributed by atoms with van der Waals surface area (Å²) >= 11 is 1.31. The third kappa shape index (κ3) is 3.82. The highest BCUT2D eigenvalue weighted by atomic mass is 32.1. The van der Waals surface area contributed by atoms with Crippen molar-refractivity contribution in [1.82, 2.24) is 9.97 Å². The Bertz CT molecular complexity index is 877. The lowest BCUT2D eigenvalue weighted by Crippen LogP contribution is -2.12. The average molecular weight is 338 g/mol. The van der Waals surface area contributed by atoms with Crippen molar-refractivity contribution in [2.75, 3.05) is 10.6 Å². The summed E-state index contributed by atoms with van der Waals surface area (Å²) in [5.74, 6) is 0.274. The number of hydrogen-bond acceptors (Lipinski definition) is 6. The van der Waals surface area contributed by atoms with Crippen molar-refractivity contribution in [3.63, 3.8) is 0 Å². The van der Waals surface area contributed by atoms with Crippen molar-refractivity contribution >= 4 is 39.7 Å². The third-order valence-electron chi connectivity index (χ3n) is 3.16. The predicted molar refractivity (Wildman–Crippen MR) is 94.0 cm³/mol. The van der Waals surface area contributed by atoms with Gasteiger partial charge in [0.2, 0.25) is 0 Å². The van der Waals surface area contributed by atoms with Gasteiger partial charge >= 0.3 is 0 Å². The Labute approximate surface area is 142 Å². The van der Waals surface area contributed by atoms with E-state index in [9.17, 15) is 9.59 Å². The molecule has 1 amide bonds. The molecular formula is C17H14N4O2S. The maximum atomic E-state index is 12.3. The molecule has 24 heavy (non-hydrogen) atoms. The van der Waals surface area contributed by atoms with Gasteiger partial charge in [0.15, 0.2) is 10.9 Å². The minimum atomic E-state index is -0.332. The second-order valence-corrected chi connectivity index (χ2v) is 5.83. The van der Waals surface area contributed by atoms with Crippen molar-refractivity contribution in [2.45, 2.75) is 6.92 Å². The number of benzene rings is 1. The van der Waals surface area contributed by atoms with Crippen molar-refractivity contribution in [2.24, 2.45) is 0 Å². The first-order chi connectivity index (χ1) is 11.6. The van der Waals surface area contributed by atoms with Crippen LogP contribution in [0.5, 0.6) is 0 Å². The summed E-state index contributed by atoms with van der Waals surface area (Å²) in [6.07, 6.45) is 1.67. The largest absolute Gasteiger partial charge is 0.321 e. The molecule has 0 fully saturated rings. The van der Waals surface area contributed by atoms with E-state index in [2.05, 4.69) is 20.6 Å². The standard InChI is InChI=1S/C17H14N4O2S/c1-11(22)12-5-4-6-13(9-12)19-16(23)14-10-24-17(20-14)21-15-7-2-3-8-18-15/h2-10H,1H3,(H,19,23)(H,18,20,21). The number of ketones is 1. The molecule has 0 radical (unpaired) electrons. The minimum absolute atomic E-state index is 0.0541. The Balaban J connectivity index is 1.70. The van der Waals surface area contributed by atoms with E-state index in [-0.39, 0.29) is 11.7 Å². The van der Waals surface area contributed by atoms with Gasteiger partial charge in [-0.2, -0.15) is 0 Å². The number of anilines is 3. The number of hydrogen-bond donors (Lipinski definition) is 2. The van der Waals surface area contributed by atoms with Crippen LogP contribution in [0, 0.1) is 0 Å². The first-order valence-electron chi connectivity index (χ1n) is 7.18. The Morgan fingerprint density at radius 1 is 1.12 bits per heavy atom. The molecule has 2 heterocycles. The van der Waals surface area contributed by atoms with Crippen LogP contribution in [0.4, 0.5) is 16.6 Å². The molecule has 0 aliphatic heterocycles. The first kappa shape index (κ1) is 15.8. The van der Waals surface area contributed by atoms with Gasteiger partial charge in [0.1, 0.15) is 11.5 Å². The molecule has 7 heteroatoms. The SMILES string of the molecule is CC(=O)c1cccc(NC(=O)c2csc(Nc3ccccn3)n2)c1. The van der Waals surface area contributed by atoms with Gasteiger partial charge in [-0.3, -0.25) is 9.59 Å². The molecule has 6 nitrogen and oxygen atoms in total. The van der Waals surface area contributed by atoms with Gasteiger partial charge in [-0.25, -0.2) is 9.97 Å². The Hall–Kier alpha value is -3.06. The van der Waals surface area contributed by atoms with Crippen LogP contribution in [0.3, 0.4) is 0 Å². The highest BCUT2D eigenvalue weighted by Gasteiger charge is 2.12. The summed E-state index contributed by atoms with van der Waals surface area (Å²) in [6.45, 7) is 1.48. The summed E-state index contributed by atoms with van der Waals surface area (Å²) in [6, 6.07) is 12.3. The molecule has 3 aromatic rings. The zero-order valence-electron chi connectivity index (χ0n) is 12.8. The Morgan fingerprint density at radius 2 is 2.00 bits per heavy atom. The number of nitrogens with one attached hydrogen (secondary N) is 2. The monoisotopic (exact) mass is 338 g/mol. The molecule has 0 atom stereocenters. The van der Waals surface area contributed by atoms with Gasteiger partial charge in [0.25, 0.3) is 5.91 Å². The minimum Gasteiger partial charge on any atom is -0.321 e. The maximum absolute atomic E-state index is 12.3. The van der Waals surface area contributed by atoms with E-state index in [1.165, 1.54) is 18.3 Å². The second kappa shape index (κ2) is 7.01. The van der Waals surface area contributed by atoms with Crippen LogP contribution in [-0.4, -0.2) is 21.7 Å². The van der Waals surface area contributed by atoms with Gasteiger partial charge in [-0.15, -0.1) is 11.3 Å². The fourth-order valence-electron chi connectivity index (χ4n) is 1.99. The van der Waals surface area contributed by atoms with Crippen LogP contribution >= 0.6 is 11.3 Å². The summed E-state index contributed by atoms with van der Waals surface area (Å²) in [7, 11) is 0. The van der Waals surface area contributed by atoms with Crippen LogP contribution in [0.25, 0.3) is 0 Å². The molecule has 0 bridgehead atoms. The van der Waals surface area contributed by atoms with E-state index in [1.807, 2.05) is 18.2 Å². The lowest BCUT2D eigenvalue weighted by Gasteiger charge is -2.04. The molecular weight excluding hydrogens is 324 g/mol. The number of thiazole rings is 1. The van der Waals surface area contributed by atoms with E-state index in [1.54, 1.807) is 35.8 Å². The third-order valence-corrected chi connectivity index (χ3v) is 3.92. The van der Waals surface area contributed by atoms with E-state index in [0.717, 1.165) is 0 Å². The molecule has 2 aromatic heterocycles. The van der Waals surface area contributed by atoms with Gasteiger partial charge in [0.05, 0.1) is 0 Å². The van der Waals surface area contributed by atoms with Crippen molar-refractivity contribution in [1.29, 1.82) is 0 Å². The highest BCUT2D eigenvalue weighted by Crippen LogP contribution is 2.20. The average Bonchev–Trinajstić information content (AvgIpc) is 3.04. The molecule has 1 aromatic carbocycles. The number of carbonyl (C=O) groups excluding carboxylic acids is 2. The first-order valence-corrected chi connectivity index (χ1v) is 8.06. The van der Waals surface area contributed by atoms with Crippen molar-refractivity contribution in [3.8, 4) is 0 Å². The molecule has 0 spiro atoms. The number of amides is 1. The molecule has 0 aliphatic carbocycles. The summed E-state index contributed by atoms with van der Waals surface area (Å²) in [4.78, 5) is 32.1. The quantitative estimate of drug-likeness (QED) is 0.692. The van der Waals surface area contributed by atoms with Gasteiger partial charge < -0.3 is 10.6 Å². The number of nitrogens with zero attached hydrogens (tertiary/aromatic N) is 2. The topological polar surface area (TPSA) is 84.0 Å². The molecule has 2 N–H and O–H groups in total. The van der Waals surface area contributed by atoms with Crippen molar-refractivity contribution < 1.29 is 9.59 Å². The molecule has 0 aliphatic rings. The summed E-state index contributed by atoms with van der Waals surface area (Å²) < 4.78 is 0. The Morgan fingerprint density at radius 3 is 2.75 bits per heavy atom. The van der Waals surface area contributed by atoms with Crippen LogP contribution in [0.2, 0.25) is 0 Å². The highest BCUT2D eigenvalue weighted by molar-refractivity contribution is 7.14. The molecule has 0 unspecified atom stereocenters. The van der Waals surface area contributed by atoms with Crippen LogP contribution in [-0.2, 0) is 0 Å². The lowest BCUT2D eigenvalue weighted by atomic mass is 10.1. The van der Waals surface area contributed by atoms with Crippen LogP contribution in [0.1, 0.15) is 27.8 Å². The number of Topliss-reactive ketones (excluding diaryl/α,β-unsaturated/α-hetero) is 1. The molecule has 120 valence electrons. The van der Waals surface area contributed by atoms with Crippen LogP contribution in [0.15, 0.2) is 54.0 Å². The number of carbonyl (C=O) groups is 2. The van der Waals surface area contributed by atoms with Gasteiger partial charge in [0, 0.05) is 22.8 Å². The molecule has 0 saturated carbocycles. The summed E-state index contributed by atoms with van der Waals surface area (Å²) in [5, 5.41) is 8.02. The smallest absolute Gasteiger partial charge is 0.275 e. The normalized spacial score (nSPS) is 10.2. The van der Waals surface area contributed by atoms with Gasteiger partial charge in [-0.1, -0.05) is 18.2 Å². The van der Waals surface area contributed by atoms with Crippen molar-refractivity contribution in [3.05, 3.63) is 65.3 Å². The lowest BCUT2D eigenvalue weighted by molar-refractivity contribution is 0.100. The summed E-state index contributed by atoms with van der Waals surface area (Å²) in [5.41, 5.74) is 1.40. The van der Waals surface area contributed by atoms with Gasteiger partial charge in [-0.05, 0) is 31.2 Å². The zero-order valence-corrected chi connectivity index (χ0v) is 13.6. The zero-order chi connectivity index (χ0) is 16.9. The van der Waals surface area contributed by atoms with Crippen LogP contribution < -0.4 is 10.6 Å². The van der Waals surface area contributed by atoms with E-state index in [4.69, 9.17) is 0 Å². The molecule has 0 saturated heterocycles. The van der Waals surface area contributed by atoms with E-state index >= 15 is 0 Å². The number of pyridine rings is 1. The number of aromatic nitrogens is 2.